The fourth-order valence-corrected chi connectivity index (χ4v) is 10.3. The summed E-state index contributed by atoms with van der Waals surface area (Å²) in [6, 6.07) is 0. The Labute approximate surface area is 205 Å². The quantitative estimate of drug-likeness (QED) is 0.469. The van der Waals surface area contributed by atoms with Crippen LogP contribution in [0.5, 0.6) is 0 Å². The summed E-state index contributed by atoms with van der Waals surface area (Å²) in [6.07, 6.45) is 9.59. The first kappa shape index (κ1) is 23.5. The number of Topliss-reactive ketones (excluding diaryl/α,β-unsaturated/α-hetero) is 1. The molecule has 5 heteroatoms. The third-order valence-corrected chi connectivity index (χ3v) is 12.0. The van der Waals surface area contributed by atoms with E-state index in [0.29, 0.717) is 36.6 Å². The van der Waals surface area contributed by atoms with E-state index in [1.807, 2.05) is 0 Å². The molecule has 6 rings (SSSR count). The molecule has 0 aromatic rings. The minimum Gasteiger partial charge on any atom is -0.459 e. The van der Waals surface area contributed by atoms with Crippen LogP contribution in [0.25, 0.3) is 0 Å². The molecule has 4 aliphatic carbocycles. The molecule has 34 heavy (non-hydrogen) atoms. The number of ether oxygens (including phenoxy) is 3. The van der Waals surface area contributed by atoms with Crippen LogP contribution in [0, 0.1) is 52.3 Å². The van der Waals surface area contributed by atoms with Crippen LogP contribution in [0.4, 0.5) is 0 Å². The molecule has 0 N–H and O–H groups in total. The Balaban J connectivity index is 1.40. The van der Waals surface area contributed by atoms with Gasteiger partial charge >= 0.3 is 5.97 Å². The van der Waals surface area contributed by atoms with Crippen molar-refractivity contribution >= 4 is 11.8 Å². The topological polar surface area (TPSA) is 61.8 Å². The molecule has 0 aromatic heterocycles. The van der Waals surface area contributed by atoms with Gasteiger partial charge in [0.05, 0.1) is 6.61 Å². The van der Waals surface area contributed by atoms with Crippen molar-refractivity contribution in [3.05, 3.63) is 0 Å². The molecule has 2 saturated heterocycles. The maximum atomic E-state index is 14.3. The smallest absolute Gasteiger partial charge is 0.303 e. The van der Waals surface area contributed by atoms with Gasteiger partial charge in [0, 0.05) is 42.9 Å². The van der Waals surface area contributed by atoms with Crippen LogP contribution in [0.15, 0.2) is 0 Å². The summed E-state index contributed by atoms with van der Waals surface area (Å²) in [5.74, 6) is 1.81. The SMILES string of the molecule is CC(=O)OC1[C@@H]2O[C@]3(CC[C@@H](C)CO3)[C@@H](C)[C@@H]2[C@@]2(C)C(=O)C[C@H]3[C@@H](CCC4CCCC[C@@]43C)[C@H]12. The zero-order valence-electron chi connectivity index (χ0n) is 21.8. The van der Waals surface area contributed by atoms with E-state index in [0.717, 1.165) is 25.2 Å². The van der Waals surface area contributed by atoms with Crippen molar-refractivity contribution in [2.24, 2.45) is 52.3 Å². The van der Waals surface area contributed by atoms with Crippen LogP contribution >= 0.6 is 0 Å². The number of carbonyl (C=O) groups is 2. The lowest BCUT2D eigenvalue weighted by molar-refractivity contribution is -0.282. The van der Waals surface area contributed by atoms with Gasteiger partial charge in [-0.05, 0) is 61.2 Å². The number of ketones is 1. The van der Waals surface area contributed by atoms with E-state index in [1.165, 1.54) is 39.0 Å². The fraction of sp³-hybridized carbons (Fsp3) is 0.931. The van der Waals surface area contributed by atoms with Crippen molar-refractivity contribution in [1.29, 1.82) is 0 Å². The van der Waals surface area contributed by atoms with Crippen LogP contribution < -0.4 is 0 Å². The monoisotopic (exact) mass is 472 g/mol. The zero-order chi connectivity index (χ0) is 24.0. The highest BCUT2D eigenvalue weighted by Gasteiger charge is 2.75. The highest BCUT2D eigenvalue weighted by atomic mass is 16.7. The summed E-state index contributed by atoms with van der Waals surface area (Å²) < 4.78 is 19.4. The Bertz CT molecular complexity index is 861. The van der Waals surface area contributed by atoms with Gasteiger partial charge in [-0.15, -0.1) is 0 Å². The number of hydrogen-bond acceptors (Lipinski definition) is 5. The molecule has 0 aromatic carbocycles. The minimum absolute atomic E-state index is 0.0422. The molecule has 0 amide bonds. The van der Waals surface area contributed by atoms with Crippen molar-refractivity contribution in [1.82, 2.24) is 0 Å². The van der Waals surface area contributed by atoms with E-state index >= 15 is 0 Å². The second kappa shape index (κ2) is 7.78. The lowest BCUT2D eigenvalue weighted by atomic mass is 9.44. The number of hydrogen-bond donors (Lipinski definition) is 0. The summed E-state index contributed by atoms with van der Waals surface area (Å²) in [5, 5.41) is 0. The number of fused-ring (bicyclic) bond motifs is 7. The number of rotatable bonds is 1. The molecule has 2 unspecified atom stereocenters. The molecule has 4 saturated carbocycles. The molecular weight excluding hydrogens is 428 g/mol. The molecule has 12 atom stereocenters. The standard InChI is InChI=1S/C29H44O5/c1-16-11-13-29(32-15-16)17(2)23-26(34-29)25(33-18(3)30)24-20-10-9-19-8-6-7-12-27(19,4)21(20)14-22(31)28(23,24)5/h16-17,19-21,23-26H,6-15H2,1-5H3/t16-,17+,19?,20-,21+,23+,24-,25?,26-,27+,28-,29-/m1/s1. The Morgan fingerprint density at radius 2 is 1.82 bits per heavy atom. The van der Waals surface area contributed by atoms with Crippen molar-refractivity contribution in [3.8, 4) is 0 Å². The van der Waals surface area contributed by atoms with Gasteiger partial charge in [0.25, 0.3) is 0 Å². The summed E-state index contributed by atoms with van der Waals surface area (Å²) in [4.78, 5) is 26.7. The maximum absolute atomic E-state index is 14.3. The van der Waals surface area contributed by atoms with Crippen molar-refractivity contribution in [3.63, 3.8) is 0 Å². The number of carbonyl (C=O) groups excluding carboxylic acids is 2. The summed E-state index contributed by atoms with van der Waals surface area (Å²) >= 11 is 0. The first-order chi connectivity index (χ1) is 16.1. The predicted molar refractivity (Wildman–Crippen MR) is 128 cm³/mol. The van der Waals surface area contributed by atoms with E-state index < -0.39 is 11.2 Å². The first-order valence-electron chi connectivity index (χ1n) is 14.1. The van der Waals surface area contributed by atoms with Gasteiger partial charge in [-0.3, -0.25) is 9.59 Å². The third-order valence-electron chi connectivity index (χ3n) is 12.0. The Hall–Kier alpha value is -0.940. The largest absolute Gasteiger partial charge is 0.459 e. The molecular formula is C29H44O5. The van der Waals surface area contributed by atoms with Crippen LogP contribution in [-0.4, -0.2) is 36.4 Å². The molecule has 190 valence electrons. The average Bonchev–Trinajstić information content (AvgIpc) is 3.21. The summed E-state index contributed by atoms with van der Waals surface area (Å²) in [5.41, 5.74) is -0.272. The first-order valence-corrected chi connectivity index (χ1v) is 14.1. The summed E-state index contributed by atoms with van der Waals surface area (Å²) in [6.45, 7) is 11.3. The van der Waals surface area contributed by atoms with Gasteiger partial charge in [-0.1, -0.05) is 40.5 Å². The van der Waals surface area contributed by atoms with E-state index in [-0.39, 0.29) is 41.3 Å². The van der Waals surface area contributed by atoms with Gasteiger partial charge in [0.15, 0.2) is 5.79 Å². The minimum atomic E-state index is -0.641. The Morgan fingerprint density at radius 3 is 2.53 bits per heavy atom. The van der Waals surface area contributed by atoms with E-state index in [9.17, 15) is 9.59 Å². The lowest BCUT2D eigenvalue weighted by Gasteiger charge is -2.60. The van der Waals surface area contributed by atoms with Crippen LogP contribution in [0.3, 0.4) is 0 Å². The zero-order valence-corrected chi connectivity index (χ0v) is 21.8. The van der Waals surface area contributed by atoms with Gasteiger partial charge < -0.3 is 14.2 Å². The second-order valence-corrected chi connectivity index (χ2v) is 13.5. The van der Waals surface area contributed by atoms with E-state index in [1.54, 1.807) is 0 Å². The van der Waals surface area contributed by atoms with Gasteiger partial charge in [-0.2, -0.15) is 0 Å². The lowest BCUT2D eigenvalue weighted by Crippen LogP contribution is -2.59. The predicted octanol–water partition coefficient (Wildman–Crippen LogP) is 5.54. The molecule has 6 aliphatic rings. The van der Waals surface area contributed by atoms with Crippen molar-refractivity contribution < 1.29 is 23.8 Å². The molecule has 0 bridgehead atoms. The molecule has 6 fully saturated rings. The highest BCUT2D eigenvalue weighted by Crippen LogP contribution is 2.70. The van der Waals surface area contributed by atoms with Crippen molar-refractivity contribution in [2.45, 2.75) is 110 Å². The second-order valence-electron chi connectivity index (χ2n) is 13.5. The van der Waals surface area contributed by atoms with Crippen LogP contribution in [0.2, 0.25) is 0 Å². The van der Waals surface area contributed by atoms with Crippen LogP contribution in [0.1, 0.15) is 92.4 Å². The molecule has 5 nitrogen and oxygen atoms in total. The molecule has 2 aliphatic heterocycles. The Kier molecular flexibility index (Phi) is 5.37. The van der Waals surface area contributed by atoms with Gasteiger partial charge in [0.2, 0.25) is 0 Å². The van der Waals surface area contributed by atoms with Gasteiger partial charge in [0.1, 0.15) is 18.0 Å². The highest BCUT2D eigenvalue weighted by molar-refractivity contribution is 5.87. The molecule has 1 spiro atoms. The molecule has 2 heterocycles. The normalized spacial score (nSPS) is 56.4. The third kappa shape index (κ3) is 2.98. The van der Waals surface area contributed by atoms with E-state index in [2.05, 4.69) is 27.7 Å². The summed E-state index contributed by atoms with van der Waals surface area (Å²) in [7, 11) is 0. The fourth-order valence-electron chi connectivity index (χ4n) is 10.3. The average molecular weight is 473 g/mol. The number of esters is 1. The maximum Gasteiger partial charge on any atom is 0.303 e. The van der Waals surface area contributed by atoms with Crippen LogP contribution in [-0.2, 0) is 23.8 Å². The van der Waals surface area contributed by atoms with E-state index in [4.69, 9.17) is 14.2 Å². The van der Waals surface area contributed by atoms with Crippen molar-refractivity contribution in [2.75, 3.05) is 6.61 Å². The molecule has 0 radical (unpaired) electrons. The Morgan fingerprint density at radius 1 is 1.03 bits per heavy atom. The van der Waals surface area contributed by atoms with Gasteiger partial charge in [-0.25, -0.2) is 0 Å².